The number of carboxylic acids is 1. The number of aryl methyl sites for hydroxylation is 1. The molecule has 0 spiro atoms. The maximum atomic E-state index is 13.5. The normalized spacial score (nSPS) is 17.8. The van der Waals surface area contributed by atoms with Gasteiger partial charge in [-0.3, -0.25) is 4.79 Å². The van der Waals surface area contributed by atoms with E-state index in [1.165, 1.54) is 6.07 Å². The molecule has 1 aliphatic heterocycles. The molecule has 1 aromatic heterocycles. The van der Waals surface area contributed by atoms with E-state index in [2.05, 4.69) is 4.57 Å². The second-order valence-corrected chi connectivity index (χ2v) is 8.90. The van der Waals surface area contributed by atoms with Gasteiger partial charge in [0.05, 0.1) is 18.6 Å². The zero-order valence-corrected chi connectivity index (χ0v) is 17.9. The van der Waals surface area contributed by atoms with Crippen molar-refractivity contribution >= 4 is 16.9 Å². The van der Waals surface area contributed by atoms with Crippen LogP contribution in [0.25, 0.3) is 10.9 Å². The van der Waals surface area contributed by atoms with Crippen LogP contribution in [-0.2, 0) is 24.1 Å². The topological polar surface area (TPSA) is 60.7 Å². The number of fused-ring (bicyclic) bond motifs is 3. The van der Waals surface area contributed by atoms with Crippen LogP contribution in [0.2, 0.25) is 0 Å². The molecule has 1 saturated carbocycles. The smallest absolute Gasteiger partial charge is 0.419 e. The number of aromatic nitrogens is 1. The maximum Gasteiger partial charge on any atom is 0.419 e. The monoisotopic (exact) mass is 459 g/mol. The van der Waals surface area contributed by atoms with E-state index in [1.54, 1.807) is 12.1 Å². The molecule has 1 fully saturated rings. The first-order valence-corrected chi connectivity index (χ1v) is 11.1. The summed E-state index contributed by atoms with van der Waals surface area (Å²) in [6, 6.07) is 11.6. The lowest BCUT2D eigenvalue weighted by atomic mass is 10.0. The van der Waals surface area contributed by atoms with Gasteiger partial charge in [0.25, 0.3) is 0 Å². The molecule has 0 saturated heterocycles. The summed E-state index contributed by atoms with van der Waals surface area (Å²) in [7, 11) is 0. The SMILES string of the molecule is O=C(O)C[C@@H]1CCn2c1cc1cc(OCc3ccc(OCC4CC4)c(C(F)(F)F)c3)ccc12. The molecule has 33 heavy (non-hydrogen) atoms. The Bertz CT molecular complexity index is 1200. The first kappa shape index (κ1) is 21.7. The predicted octanol–water partition coefficient (Wildman–Crippen LogP) is 5.99. The Balaban J connectivity index is 1.31. The molecular weight excluding hydrogens is 435 g/mol. The minimum atomic E-state index is -4.51. The van der Waals surface area contributed by atoms with Crippen LogP contribution in [0.15, 0.2) is 42.5 Å². The van der Waals surface area contributed by atoms with Gasteiger partial charge in [-0.15, -0.1) is 0 Å². The van der Waals surface area contributed by atoms with Gasteiger partial charge in [0, 0.05) is 29.1 Å². The third kappa shape index (κ3) is 4.65. The van der Waals surface area contributed by atoms with E-state index in [-0.39, 0.29) is 24.7 Å². The second kappa shape index (κ2) is 8.32. The van der Waals surface area contributed by atoms with Crippen molar-refractivity contribution in [2.45, 2.75) is 50.9 Å². The third-order valence-electron chi connectivity index (χ3n) is 6.37. The van der Waals surface area contributed by atoms with E-state index in [1.807, 2.05) is 18.2 Å². The molecule has 0 amide bonds. The number of ether oxygens (including phenoxy) is 2. The zero-order valence-electron chi connectivity index (χ0n) is 17.9. The Morgan fingerprint density at radius 3 is 2.61 bits per heavy atom. The summed E-state index contributed by atoms with van der Waals surface area (Å²) >= 11 is 0. The predicted molar refractivity (Wildman–Crippen MR) is 116 cm³/mol. The first-order chi connectivity index (χ1) is 15.8. The molecule has 5 rings (SSSR count). The maximum absolute atomic E-state index is 13.5. The van der Waals surface area contributed by atoms with Gasteiger partial charge in [-0.2, -0.15) is 13.2 Å². The molecule has 0 bridgehead atoms. The van der Waals surface area contributed by atoms with Crippen molar-refractivity contribution in [1.82, 2.24) is 4.57 Å². The summed E-state index contributed by atoms with van der Waals surface area (Å²) in [5, 5.41) is 10.1. The van der Waals surface area contributed by atoms with Gasteiger partial charge in [0.15, 0.2) is 0 Å². The lowest BCUT2D eigenvalue weighted by molar-refractivity contribution is -0.139. The van der Waals surface area contributed by atoms with Crippen LogP contribution in [0, 0.1) is 5.92 Å². The van der Waals surface area contributed by atoms with Crippen molar-refractivity contribution in [2.24, 2.45) is 5.92 Å². The van der Waals surface area contributed by atoms with Crippen molar-refractivity contribution in [3.05, 3.63) is 59.3 Å². The summed E-state index contributed by atoms with van der Waals surface area (Å²) in [5.41, 5.74) is 1.62. The number of hydrogen-bond donors (Lipinski definition) is 1. The van der Waals surface area contributed by atoms with Crippen molar-refractivity contribution in [3.8, 4) is 11.5 Å². The molecule has 0 unspecified atom stereocenters. The molecule has 5 nitrogen and oxygen atoms in total. The number of hydrogen-bond acceptors (Lipinski definition) is 3. The van der Waals surface area contributed by atoms with Crippen molar-refractivity contribution in [1.29, 1.82) is 0 Å². The first-order valence-electron chi connectivity index (χ1n) is 11.1. The highest BCUT2D eigenvalue weighted by Gasteiger charge is 2.35. The van der Waals surface area contributed by atoms with Crippen molar-refractivity contribution in [2.75, 3.05) is 6.61 Å². The van der Waals surface area contributed by atoms with Gasteiger partial charge in [-0.05, 0) is 67.1 Å². The number of nitrogens with zero attached hydrogens (tertiary/aromatic N) is 1. The van der Waals surface area contributed by atoms with Gasteiger partial charge < -0.3 is 19.1 Å². The average molecular weight is 459 g/mol. The summed E-state index contributed by atoms with van der Waals surface area (Å²) in [4.78, 5) is 11.1. The zero-order chi connectivity index (χ0) is 23.2. The fraction of sp³-hybridized carbons (Fsp3) is 0.400. The molecule has 3 aromatic rings. The Morgan fingerprint density at radius 1 is 1.06 bits per heavy atom. The molecule has 2 aromatic carbocycles. The van der Waals surface area contributed by atoms with E-state index >= 15 is 0 Å². The van der Waals surface area contributed by atoms with Crippen molar-refractivity contribution in [3.63, 3.8) is 0 Å². The number of aliphatic carboxylic acids is 1. The van der Waals surface area contributed by atoms with Crippen LogP contribution in [-0.4, -0.2) is 22.2 Å². The summed E-state index contributed by atoms with van der Waals surface area (Å²) in [6.07, 6.45) is -1.60. The van der Waals surface area contributed by atoms with Crippen LogP contribution < -0.4 is 9.47 Å². The fourth-order valence-corrected chi connectivity index (χ4v) is 4.47. The second-order valence-electron chi connectivity index (χ2n) is 8.90. The highest BCUT2D eigenvalue weighted by atomic mass is 19.4. The third-order valence-corrected chi connectivity index (χ3v) is 6.37. The average Bonchev–Trinajstić information content (AvgIpc) is 3.42. The highest BCUT2D eigenvalue weighted by molar-refractivity contribution is 5.83. The summed E-state index contributed by atoms with van der Waals surface area (Å²) in [5.74, 6) is -0.0623. The van der Waals surface area contributed by atoms with Gasteiger partial charge >= 0.3 is 12.1 Å². The number of carboxylic acid groups (broad SMARTS) is 1. The number of benzene rings is 2. The van der Waals surface area contributed by atoms with E-state index in [0.29, 0.717) is 23.8 Å². The van der Waals surface area contributed by atoms with E-state index in [9.17, 15) is 18.0 Å². The van der Waals surface area contributed by atoms with Gasteiger partial charge in [-0.1, -0.05) is 6.07 Å². The van der Waals surface area contributed by atoms with Crippen molar-refractivity contribution < 1.29 is 32.5 Å². The fourth-order valence-electron chi connectivity index (χ4n) is 4.47. The molecule has 2 aliphatic rings. The molecule has 8 heteroatoms. The molecule has 1 atom stereocenters. The van der Waals surface area contributed by atoms with E-state index in [0.717, 1.165) is 48.5 Å². The summed E-state index contributed by atoms with van der Waals surface area (Å²) in [6.45, 7) is 1.08. The van der Waals surface area contributed by atoms with E-state index < -0.39 is 17.7 Å². The molecule has 2 heterocycles. The van der Waals surface area contributed by atoms with Gasteiger partial charge in [0.2, 0.25) is 0 Å². The number of halogens is 3. The Labute approximate surface area is 188 Å². The lowest BCUT2D eigenvalue weighted by Gasteiger charge is -2.15. The number of alkyl halides is 3. The lowest BCUT2D eigenvalue weighted by Crippen LogP contribution is -2.11. The van der Waals surface area contributed by atoms with Crippen LogP contribution in [0.4, 0.5) is 13.2 Å². The highest BCUT2D eigenvalue weighted by Crippen LogP contribution is 2.39. The Kier molecular flexibility index (Phi) is 5.46. The van der Waals surface area contributed by atoms with Crippen LogP contribution in [0.3, 0.4) is 0 Å². The molecule has 1 N–H and O–H groups in total. The van der Waals surface area contributed by atoms with Crippen LogP contribution in [0.5, 0.6) is 11.5 Å². The standard InChI is InChI=1S/C25H24F3NO4/c26-25(27,28)20-9-16(3-6-23(20)33-13-15-1-2-15)14-32-19-4-5-21-18(10-19)11-22-17(12-24(30)31)7-8-29(21)22/h3-6,9-11,15,17H,1-2,7-8,12-14H2,(H,30,31)/t17-/m0/s1. The quantitative estimate of drug-likeness (QED) is 0.450. The van der Waals surface area contributed by atoms with Gasteiger partial charge in [-0.25, -0.2) is 0 Å². The molecule has 0 radical (unpaired) electrons. The van der Waals surface area contributed by atoms with E-state index in [4.69, 9.17) is 14.6 Å². The molecular formula is C25H24F3NO4. The summed E-state index contributed by atoms with van der Waals surface area (Å²) < 4.78 is 53.9. The van der Waals surface area contributed by atoms with Crippen LogP contribution in [0.1, 0.15) is 48.4 Å². The van der Waals surface area contributed by atoms with Crippen LogP contribution >= 0.6 is 0 Å². The largest absolute Gasteiger partial charge is 0.493 e. The number of carbonyl (C=O) groups is 1. The molecule has 174 valence electrons. The van der Waals surface area contributed by atoms with Gasteiger partial charge in [0.1, 0.15) is 18.1 Å². The number of rotatable bonds is 8. The minimum Gasteiger partial charge on any atom is -0.493 e. The molecule has 1 aliphatic carbocycles. The Morgan fingerprint density at radius 2 is 1.88 bits per heavy atom. The minimum absolute atomic E-state index is 0.00725. The Hall–Kier alpha value is -3.16.